The maximum atomic E-state index is 12.6. The van der Waals surface area contributed by atoms with Gasteiger partial charge in [-0.3, -0.25) is 9.59 Å². The van der Waals surface area contributed by atoms with Crippen LogP contribution < -0.4 is 5.32 Å². The maximum absolute atomic E-state index is 12.6. The molecule has 1 aromatic carbocycles. The van der Waals surface area contributed by atoms with Gasteiger partial charge in [0, 0.05) is 26.1 Å². The highest BCUT2D eigenvalue weighted by atomic mass is 16.3. The molecule has 2 rings (SSSR count). The van der Waals surface area contributed by atoms with E-state index in [0.29, 0.717) is 13.1 Å². The Hall–Kier alpha value is -1.88. The number of benzene rings is 1. The molecule has 1 unspecified atom stereocenters. The molecule has 0 aliphatic carbocycles. The van der Waals surface area contributed by atoms with Crippen LogP contribution in [0.1, 0.15) is 18.9 Å². The second-order valence-electron chi connectivity index (χ2n) is 5.45. The third kappa shape index (κ3) is 3.17. The lowest BCUT2D eigenvalue weighted by molar-refractivity contribution is -0.142. The smallest absolute Gasteiger partial charge is 0.231 e. The van der Waals surface area contributed by atoms with E-state index < -0.39 is 5.41 Å². The minimum Gasteiger partial charge on any atom is -0.395 e. The first-order valence-electron chi connectivity index (χ1n) is 6.76. The molecule has 0 spiro atoms. The van der Waals surface area contributed by atoms with E-state index in [4.69, 9.17) is 5.11 Å². The lowest BCUT2D eigenvalue weighted by Gasteiger charge is -2.30. The number of nitrogens with zero attached hydrogens (tertiary/aromatic N) is 1. The average molecular weight is 276 g/mol. The molecule has 5 nitrogen and oxygen atoms in total. The van der Waals surface area contributed by atoms with Crippen LogP contribution in [0.25, 0.3) is 0 Å². The molecule has 0 radical (unpaired) electrons. The summed E-state index contributed by atoms with van der Waals surface area (Å²) in [5, 5.41) is 11.9. The Morgan fingerprint density at radius 1 is 1.40 bits per heavy atom. The number of aliphatic hydroxyl groups excluding tert-OH is 1. The second kappa shape index (κ2) is 6.05. The molecular weight excluding hydrogens is 256 g/mol. The molecule has 1 saturated heterocycles. The van der Waals surface area contributed by atoms with E-state index >= 15 is 0 Å². The molecule has 1 atom stereocenters. The van der Waals surface area contributed by atoms with Crippen LogP contribution >= 0.6 is 0 Å². The molecule has 0 saturated carbocycles. The number of rotatable bonds is 5. The molecule has 5 heteroatoms. The van der Waals surface area contributed by atoms with Gasteiger partial charge in [-0.05, 0) is 12.5 Å². The average Bonchev–Trinajstić information content (AvgIpc) is 2.79. The number of carbonyl (C=O) groups is 2. The van der Waals surface area contributed by atoms with Gasteiger partial charge in [0.05, 0.1) is 12.0 Å². The van der Waals surface area contributed by atoms with Crippen LogP contribution in [-0.4, -0.2) is 41.5 Å². The Morgan fingerprint density at radius 2 is 2.10 bits per heavy atom. The van der Waals surface area contributed by atoms with Gasteiger partial charge in [0.15, 0.2) is 0 Å². The van der Waals surface area contributed by atoms with Gasteiger partial charge in [0.2, 0.25) is 11.8 Å². The van der Waals surface area contributed by atoms with Crippen LogP contribution in [0.2, 0.25) is 0 Å². The van der Waals surface area contributed by atoms with Crippen molar-refractivity contribution in [3.63, 3.8) is 0 Å². The van der Waals surface area contributed by atoms with Crippen molar-refractivity contribution in [3.8, 4) is 0 Å². The summed E-state index contributed by atoms with van der Waals surface area (Å²) in [6.45, 7) is 2.79. The number of nitrogens with one attached hydrogen (secondary N) is 1. The van der Waals surface area contributed by atoms with Gasteiger partial charge in [0.25, 0.3) is 0 Å². The van der Waals surface area contributed by atoms with E-state index in [1.165, 1.54) is 0 Å². The SMILES string of the molecule is CC1(C(=O)N(CCO)Cc2ccccc2)CNC(=O)C1. The maximum Gasteiger partial charge on any atom is 0.231 e. The highest BCUT2D eigenvalue weighted by molar-refractivity contribution is 5.92. The fourth-order valence-corrected chi connectivity index (χ4v) is 2.48. The number of hydrogen-bond donors (Lipinski definition) is 2. The first-order valence-corrected chi connectivity index (χ1v) is 6.76. The number of hydrogen-bond acceptors (Lipinski definition) is 3. The second-order valence-corrected chi connectivity index (χ2v) is 5.45. The Labute approximate surface area is 118 Å². The molecule has 1 aliphatic rings. The third-order valence-electron chi connectivity index (χ3n) is 3.62. The third-order valence-corrected chi connectivity index (χ3v) is 3.62. The fourth-order valence-electron chi connectivity index (χ4n) is 2.48. The first kappa shape index (κ1) is 14.5. The van der Waals surface area contributed by atoms with Gasteiger partial charge in [-0.15, -0.1) is 0 Å². The lowest BCUT2D eigenvalue weighted by atomic mass is 9.87. The van der Waals surface area contributed by atoms with Crippen LogP contribution in [0.4, 0.5) is 0 Å². The normalized spacial score (nSPS) is 21.6. The van der Waals surface area contributed by atoms with Gasteiger partial charge in [0.1, 0.15) is 0 Å². The summed E-state index contributed by atoms with van der Waals surface area (Å²) in [4.78, 5) is 25.6. The summed E-state index contributed by atoms with van der Waals surface area (Å²) in [5.74, 6) is -0.182. The van der Waals surface area contributed by atoms with E-state index in [1.807, 2.05) is 30.3 Å². The molecule has 108 valence electrons. The van der Waals surface area contributed by atoms with E-state index in [0.717, 1.165) is 5.56 Å². The predicted molar refractivity (Wildman–Crippen MR) is 74.7 cm³/mol. The summed E-state index contributed by atoms with van der Waals surface area (Å²) in [5.41, 5.74) is 0.302. The first-order chi connectivity index (χ1) is 9.55. The van der Waals surface area contributed by atoms with Crippen molar-refractivity contribution in [1.82, 2.24) is 10.2 Å². The molecule has 2 N–H and O–H groups in total. The zero-order valence-corrected chi connectivity index (χ0v) is 11.6. The largest absolute Gasteiger partial charge is 0.395 e. The summed E-state index contributed by atoms with van der Waals surface area (Å²) in [6, 6.07) is 9.64. The molecule has 0 bridgehead atoms. The van der Waals surface area contributed by atoms with Crippen LogP contribution in [-0.2, 0) is 16.1 Å². The molecule has 0 aromatic heterocycles. The van der Waals surface area contributed by atoms with E-state index in [1.54, 1.807) is 11.8 Å². The number of aliphatic hydroxyl groups is 1. The zero-order valence-electron chi connectivity index (χ0n) is 11.6. The van der Waals surface area contributed by atoms with Crippen molar-refractivity contribution >= 4 is 11.8 Å². The minimum absolute atomic E-state index is 0.0873. The summed E-state index contributed by atoms with van der Waals surface area (Å²) in [6.07, 6.45) is 0.211. The van der Waals surface area contributed by atoms with E-state index in [-0.39, 0.29) is 31.4 Å². The van der Waals surface area contributed by atoms with Gasteiger partial charge >= 0.3 is 0 Å². The van der Waals surface area contributed by atoms with Crippen LogP contribution in [0.15, 0.2) is 30.3 Å². The molecule has 1 aliphatic heterocycles. The Bertz CT molecular complexity index is 489. The standard InChI is InChI=1S/C15H20N2O3/c1-15(9-13(19)16-11-15)14(20)17(7-8-18)10-12-5-3-2-4-6-12/h2-6,18H,7-11H2,1H3,(H,16,19). The van der Waals surface area contributed by atoms with Crippen molar-refractivity contribution in [1.29, 1.82) is 0 Å². The summed E-state index contributed by atoms with van der Waals surface area (Å²) >= 11 is 0. The van der Waals surface area contributed by atoms with Gasteiger partial charge < -0.3 is 15.3 Å². The highest BCUT2D eigenvalue weighted by Crippen LogP contribution is 2.28. The van der Waals surface area contributed by atoms with Crippen LogP contribution in [0.5, 0.6) is 0 Å². The predicted octanol–water partition coefficient (Wildman–Crippen LogP) is 0.534. The Morgan fingerprint density at radius 3 is 2.65 bits per heavy atom. The lowest BCUT2D eigenvalue weighted by Crippen LogP contribution is -2.44. The zero-order chi connectivity index (χ0) is 14.6. The monoisotopic (exact) mass is 276 g/mol. The quantitative estimate of drug-likeness (QED) is 0.824. The molecule has 2 amide bonds. The van der Waals surface area contributed by atoms with Crippen LogP contribution in [0, 0.1) is 5.41 Å². The van der Waals surface area contributed by atoms with Crippen molar-refractivity contribution in [3.05, 3.63) is 35.9 Å². The Kier molecular flexibility index (Phi) is 4.39. The molecule has 1 heterocycles. The van der Waals surface area contributed by atoms with E-state index in [2.05, 4.69) is 5.32 Å². The van der Waals surface area contributed by atoms with Gasteiger partial charge in [-0.1, -0.05) is 30.3 Å². The molecule has 1 aromatic rings. The topological polar surface area (TPSA) is 69.6 Å². The minimum atomic E-state index is -0.707. The van der Waals surface area contributed by atoms with Gasteiger partial charge in [-0.2, -0.15) is 0 Å². The summed E-state index contributed by atoms with van der Waals surface area (Å²) in [7, 11) is 0. The molecular formula is C15H20N2O3. The molecule has 20 heavy (non-hydrogen) atoms. The van der Waals surface area contributed by atoms with Crippen LogP contribution in [0.3, 0.4) is 0 Å². The highest BCUT2D eigenvalue weighted by Gasteiger charge is 2.42. The van der Waals surface area contributed by atoms with Crippen molar-refractivity contribution in [2.75, 3.05) is 19.7 Å². The van der Waals surface area contributed by atoms with Crippen molar-refractivity contribution in [2.24, 2.45) is 5.41 Å². The van der Waals surface area contributed by atoms with Gasteiger partial charge in [-0.25, -0.2) is 0 Å². The molecule has 1 fully saturated rings. The number of carbonyl (C=O) groups excluding carboxylic acids is 2. The Balaban J connectivity index is 2.12. The fraction of sp³-hybridized carbons (Fsp3) is 0.467. The number of amides is 2. The van der Waals surface area contributed by atoms with Crippen molar-refractivity contribution < 1.29 is 14.7 Å². The van der Waals surface area contributed by atoms with E-state index in [9.17, 15) is 9.59 Å². The summed E-state index contributed by atoms with van der Waals surface area (Å²) < 4.78 is 0. The van der Waals surface area contributed by atoms with Crippen molar-refractivity contribution in [2.45, 2.75) is 19.9 Å².